The number of nitrogens with two attached hydrogens (primary N) is 1. The van der Waals surface area contributed by atoms with Crippen molar-refractivity contribution in [3.8, 4) is 0 Å². The van der Waals surface area contributed by atoms with Crippen LogP contribution in [0.2, 0.25) is 0 Å². The van der Waals surface area contributed by atoms with Gasteiger partial charge in [-0.15, -0.1) is 10.2 Å². The van der Waals surface area contributed by atoms with Crippen LogP contribution in [-0.4, -0.2) is 37.7 Å². The van der Waals surface area contributed by atoms with Gasteiger partial charge in [0, 0.05) is 25.5 Å². The maximum Gasteiger partial charge on any atom is 0.212 e. The number of aryl methyl sites for hydroxylation is 1. The van der Waals surface area contributed by atoms with Crippen molar-refractivity contribution in [2.75, 3.05) is 18.0 Å². The van der Waals surface area contributed by atoms with E-state index in [0.717, 1.165) is 53.2 Å². The first-order chi connectivity index (χ1) is 12.6. The van der Waals surface area contributed by atoms with Crippen LogP contribution in [0.3, 0.4) is 0 Å². The van der Waals surface area contributed by atoms with E-state index in [-0.39, 0.29) is 11.5 Å². The predicted octanol–water partition coefficient (Wildman–Crippen LogP) is 2.28. The van der Waals surface area contributed by atoms with Crippen molar-refractivity contribution in [2.24, 2.45) is 11.1 Å². The van der Waals surface area contributed by atoms with Crippen LogP contribution in [0.1, 0.15) is 35.7 Å². The van der Waals surface area contributed by atoms with Crippen molar-refractivity contribution in [3.63, 3.8) is 0 Å². The Morgan fingerprint density at radius 1 is 1.23 bits per heavy atom. The number of pyridine rings is 1. The molecule has 1 atom stereocenters. The molecule has 3 aromatic rings. The van der Waals surface area contributed by atoms with Gasteiger partial charge in [0.2, 0.25) is 5.95 Å². The molecule has 26 heavy (non-hydrogen) atoms. The molecule has 0 aromatic carbocycles. The molecule has 2 aliphatic rings. The van der Waals surface area contributed by atoms with E-state index in [2.05, 4.69) is 60.6 Å². The maximum atomic E-state index is 6.66. The second-order valence-electron chi connectivity index (χ2n) is 7.49. The van der Waals surface area contributed by atoms with Gasteiger partial charge in [-0.1, -0.05) is 6.07 Å². The van der Waals surface area contributed by atoms with Gasteiger partial charge in [-0.05, 0) is 65.3 Å². The van der Waals surface area contributed by atoms with Crippen LogP contribution < -0.4 is 10.6 Å². The maximum absolute atomic E-state index is 6.66. The van der Waals surface area contributed by atoms with Gasteiger partial charge in [-0.25, -0.2) is 4.98 Å². The average molecular weight is 461 g/mol. The van der Waals surface area contributed by atoms with E-state index in [1.165, 1.54) is 11.1 Å². The van der Waals surface area contributed by atoms with Gasteiger partial charge < -0.3 is 10.6 Å². The summed E-state index contributed by atoms with van der Waals surface area (Å²) in [4.78, 5) is 11.6. The molecular weight excluding hydrogens is 441 g/mol. The molecule has 134 valence electrons. The van der Waals surface area contributed by atoms with E-state index in [1.807, 2.05) is 16.8 Å². The Kier molecular flexibility index (Phi) is 3.68. The van der Waals surface area contributed by atoms with Crippen molar-refractivity contribution >= 4 is 34.2 Å². The van der Waals surface area contributed by atoms with Crippen molar-refractivity contribution in [2.45, 2.75) is 32.2 Å². The van der Waals surface area contributed by atoms with E-state index in [4.69, 9.17) is 5.73 Å². The first-order valence-electron chi connectivity index (χ1n) is 8.88. The van der Waals surface area contributed by atoms with Crippen LogP contribution >= 0.6 is 22.6 Å². The van der Waals surface area contributed by atoms with Crippen LogP contribution in [0, 0.1) is 15.9 Å². The lowest BCUT2D eigenvalue weighted by atomic mass is 9.73. The zero-order valence-corrected chi connectivity index (χ0v) is 16.7. The number of hydrogen-bond acceptors (Lipinski definition) is 6. The van der Waals surface area contributed by atoms with Crippen molar-refractivity contribution < 1.29 is 0 Å². The van der Waals surface area contributed by atoms with Gasteiger partial charge in [-0.2, -0.15) is 0 Å². The number of halogens is 1. The fourth-order valence-corrected chi connectivity index (χ4v) is 5.00. The van der Waals surface area contributed by atoms with Gasteiger partial charge in [0.1, 0.15) is 6.33 Å². The summed E-state index contributed by atoms with van der Waals surface area (Å²) in [6.45, 7) is 3.96. The molecule has 0 radical (unpaired) electrons. The standard InChI is InChI=1S/C18H20IN7/c1-11-6-12-7-18(15(20)14(12)21-8-11)2-4-25(5-3-18)17-22-9-13(19)16-24-23-10-26(16)17/h6,8-10,15H,2-5,7,20H2,1H3/t15-/m1/s1. The Bertz CT molecular complexity index is 990. The molecule has 1 saturated heterocycles. The molecular formula is C18H20IN7. The zero-order valence-electron chi connectivity index (χ0n) is 14.6. The Balaban J connectivity index is 1.41. The summed E-state index contributed by atoms with van der Waals surface area (Å²) < 4.78 is 2.99. The van der Waals surface area contributed by atoms with E-state index < -0.39 is 0 Å². The molecule has 0 unspecified atom stereocenters. The summed E-state index contributed by atoms with van der Waals surface area (Å²) in [6.07, 6.45) is 8.67. The minimum atomic E-state index is 0.0276. The molecule has 7 nitrogen and oxygen atoms in total. The highest BCUT2D eigenvalue weighted by molar-refractivity contribution is 14.1. The molecule has 1 spiro atoms. The topological polar surface area (TPSA) is 85.2 Å². The molecule has 0 amide bonds. The average Bonchev–Trinajstić information content (AvgIpc) is 3.22. The Morgan fingerprint density at radius 2 is 2.04 bits per heavy atom. The highest BCUT2D eigenvalue weighted by atomic mass is 127. The normalized spacial score (nSPS) is 21.5. The second-order valence-corrected chi connectivity index (χ2v) is 8.65. The highest BCUT2D eigenvalue weighted by Gasteiger charge is 2.47. The molecule has 3 aromatic heterocycles. The summed E-state index contributed by atoms with van der Waals surface area (Å²) in [5, 5.41) is 8.25. The van der Waals surface area contributed by atoms with Gasteiger partial charge in [0.25, 0.3) is 0 Å². The number of piperidine rings is 1. The lowest BCUT2D eigenvalue weighted by Gasteiger charge is -2.42. The smallest absolute Gasteiger partial charge is 0.212 e. The molecule has 8 heteroatoms. The fraction of sp³-hybridized carbons (Fsp3) is 0.444. The third kappa shape index (κ3) is 2.34. The minimum Gasteiger partial charge on any atom is -0.342 e. The number of hydrogen-bond donors (Lipinski definition) is 1. The fourth-order valence-electron chi connectivity index (χ4n) is 4.49. The van der Waals surface area contributed by atoms with Crippen LogP contribution in [0.5, 0.6) is 0 Å². The monoisotopic (exact) mass is 461 g/mol. The number of rotatable bonds is 1. The molecule has 1 aliphatic heterocycles. The summed E-state index contributed by atoms with van der Waals surface area (Å²) in [7, 11) is 0. The largest absolute Gasteiger partial charge is 0.342 e. The zero-order chi connectivity index (χ0) is 17.9. The Hall–Kier alpha value is -1.81. The summed E-state index contributed by atoms with van der Waals surface area (Å²) in [5.41, 5.74) is 11.3. The van der Waals surface area contributed by atoms with Crippen LogP contribution in [0.25, 0.3) is 5.65 Å². The van der Waals surface area contributed by atoms with E-state index >= 15 is 0 Å². The molecule has 0 bridgehead atoms. The van der Waals surface area contributed by atoms with Crippen LogP contribution in [0.4, 0.5) is 5.95 Å². The second kappa shape index (κ2) is 5.85. The first kappa shape index (κ1) is 16.4. The molecule has 2 N–H and O–H groups in total. The van der Waals surface area contributed by atoms with Gasteiger partial charge in [-0.3, -0.25) is 9.38 Å². The third-order valence-electron chi connectivity index (χ3n) is 5.95. The Morgan fingerprint density at radius 3 is 2.85 bits per heavy atom. The SMILES string of the molecule is Cc1cnc2c(c1)CC1(CCN(c3ncc(I)c4nncn34)CC1)[C@@H]2N. The lowest BCUT2D eigenvalue weighted by Crippen LogP contribution is -2.45. The Labute approximate surface area is 165 Å². The van der Waals surface area contributed by atoms with E-state index in [0.29, 0.717) is 0 Å². The van der Waals surface area contributed by atoms with Gasteiger partial charge in [0.05, 0.1) is 15.3 Å². The third-order valence-corrected chi connectivity index (χ3v) is 6.71. The quantitative estimate of drug-likeness (QED) is 0.560. The van der Waals surface area contributed by atoms with Crippen molar-refractivity contribution in [3.05, 3.63) is 45.2 Å². The predicted molar refractivity (Wildman–Crippen MR) is 107 cm³/mol. The van der Waals surface area contributed by atoms with Crippen LogP contribution in [-0.2, 0) is 6.42 Å². The number of fused-ring (bicyclic) bond motifs is 2. The van der Waals surface area contributed by atoms with E-state index in [9.17, 15) is 0 Å². The first-order valence-corrected chi connectivity index (χ1v) is 9.95. The van der Waals surface area contributed by atoms with Gasteiger partial charge in [0.15, 0.2) is 5.65 Å². The van der Waals surface area contributed by atoms with Crippen molar-refractivity contribution in [1.29, 1.82) is 0 Å². The summed E-state index contributed by atoms with van der Waals surface area (Å²) in [5.74, 6) is 0.915. The molecule has 5 rings (SSSR count). The van der Waals surface area contributed by atoms with Crippen molar-refractivity contribution in [1.82, 2.24) is 24.6 Å². The molecule has 1 aliphatic carbocycles. The lowest BCUT2D eigenvalue weighted by molar-refractivity contribution is 0.185. The summed E-state index contributed by atoms with van der Waals surface area (Å²) >= 11 is 2.25. The number of aromatic nitrogens is 5. The number of nitrogens with zero attached hydrogens (tertiary/aromatic N) is 6. The van der Waals surface area contributed by atoms with Gasteiger partial charge >= 0.3 is 0 Å². The highest BCUT2D eigenvalue weighted by Crippen LogP contribution is 2.50. The van der Waals surface area contributed by atoms with E-state index in [1.54, 1.807) is 6.33 Å². The molecule has 4 heterocycles. The summed E-state index contributed by atoms with van der Waals surface area (Å²) in [6, 6.07) is 2.28. The van der Waals surface area contributed by atoms with Crippen LogP contribution in [0.15, 0.2) is 24.8 Å². The molecule has 1 fully saturated rings. The minimum absolute atomic E-state index is 0.0276. The molecule has 0 saturated carbocycles. The number of anilines is 1.